The fourth-order valence-electron chi connectivity index (χ4n) is 2.04. The molecule has 0 bridgehead atoms. The normalized spacial score (nSPS) is 10.6. The Hall–Kier alpha value is -2.25. The van der Waals surface area contributed by atoms with Gasteiger partial charge in [0, 0.05) is 29.0 Å². The molecule has 3 rings (SSSR count). The van der Waals surface area contributed by atoms with E-state index in [1.54, 1.807) is 6.20 Å². The first kappa shape index (κ1) is 14.7. The minimum absolute atomic E-state index is 0.0547. The lowest BCUT2D eigenvalue weighted by Crippen LogP contribution is -2.07. The smallest absolute Gasteiger partial charge is 0.143 e. The number of fused-ring (bicyclic) bond motifs is 1. The summed E-state index contributed by atoms with van der Waals surface area (Å²) >= 11 is 3.45. The van der Waals surface area contributed by atoms with Crippen molar-refractivity contribution in [3.05, 3.63) is 47.3 Å². The number of aliphatic hydroxyl groups is 1. The number of aliphatic hydroxyl groups excluding tert-OH is 1. The van der Waals surface area contributed by atoms with E-state index in [-0.39, 0.29) is 6.61 Å². The Bertz CT molecular complexity index is 796. The molecule has 3 N–H and O–H groups in total. The lowest BCUT2D eigenvalue weighted by atomic mass is 10.2. The average molecular weight is 360 g/mol. The van der Waals surface area contributed by atoms with Gasteiger partial charge in [-0.3, -0.25) is 0 Å². The molecule has 0 aliphatic carbocycles. The maximum Gasteiger partial charge on any atom is 0.143 e. The second-order valence-corrected chi connectivity index (χ2v) is 5.51. The summed E-state index contributed by atoms with van der Waals surface area (Å²) in [7, 11) is 0. The second kappa shape index (κ2) is 6.67. The molecular weight excluding hydrogens is 346 g/mol. The minimum atomic E-state index is 0.0547. The van der Waals surface area contributed by atoms with E-state index in [9.17, 15) is 0 Å². The highest BCUT2D eigenvalue weighted by molar-refractivity contribution is 9.10. The van der Waals surface area contributed by atoms with Gasteiger partial charge in [-0.25, -0.2) is 15.0 Å². The average Bonchev–Trinajstić information content (AvgIpc) is 2.53. The van der Waals surface area contributed by atoms with Crippen LogP contribution in [0, 0.1) is 0 Å². The molecule has 0 atom stereocenters. The van der Waals surface area contributed by atoms with Crippen molar-refractivity contribution in [2.24, 2.45) is 0 Å². The fraction of sp³-hybridized carbons (Fsp3) is 0.133. The highest BCUT2D eigenvalue weighted by Crippen LogP contribution is 2.25. The Balaban J connectivity index is 1.93. The minimum Gasteiger partial charge on any atom is -0.395 e. The number of pyridine rings is 1. The summed E-state index contributed by atoms with van der Waals surface area (Å²) in [5, 5.41) is 16.0. The number of nitrogens with zero attached hydrogens (tertiary/aromatic N) is 3. The Kier molecular flexibility index (Phi) is 4.45. The molecule has 2 heterocycles. The van der Waals surface area contributed by atoms with Gasteiger partial charge in [0.2, 0.25) is 0 Å². The molecule has 2 aromatic heterocycles. The van der Waals surface area contributed by atoms with Gasteiger partial charge in [-0.15, -0.1) is 0 Å². The van der Waals surface area contributed by atoms with Crippen LogP contribution < -0.4 is 10.6 Å². The van der Waals surface area contributed by atoms with Gasteiger partial charge in [-0.2, -0.15) is 0 Å². The van der Waals surface area contributed by atoms with Crippen molar-refractivity contribution in [3.63, 3.8) is 0 Å². The van der Waals surface area contributed by atoms with Crippen molar-refractivity contribution in [1.29, 1.82) is 0 Å². The number of hydrogen-bond acceptors (Lipinski definition) is 6. The van der Waals surface area contributed by atoms with Gasteiger partial charge in [-0.05, 0) is 18.2 Å². The van der Waals surface area contributed by atoms with Crippen LogP contribution in [0.5, 0.6) is 0 Å². The number of benzene rings is 1. The van der Waals surface area contributed by atoms with Crippen LogP contribution in [-0.2, 0) is 0 Å². The standard InChI is InChI=1S/C15H14BrN5O/c16-10-2-1-3-11(6-10)21-15-12-8-18-14(17-4-5-22)7-13(12)19-9-20-15/h1-3,6-9,22H,4-5H2,(H,17,18)(H,19,20,21). The van der Waals surface area contributed by atoms with Crippen LogP contribution in [0.15, 0.2) is 47.3 Å². The van der Waals surface area contributed by atoms with Crippen molar-refractivity contribution >= 4 is 44.2 Å². The Morgan fingerprint density at radius 1 is 1.14 bits per heavy atom. The van der Waals surface area contributed by atoms with Crippen LogP contribution in [0.3, 0.4) is 0 Å². The van der Waals surface area contributed by atoms with Crippen molar-refractivity contribution < 1.29 is 5.11 Å². The Morgan fingerprint density at radius 2 is 2.05 bits per heavy atom. The molecule has 0 saturated heterocycles. The number of nitrogens with one attached hydrogen (secondary N) is 2. The molecule has 0 radical (unpaired) electrons. The summed E-state index contributed by atoms with van der Waals surface area (Å²) < 4.78 is 0.990. The second-order valence-electron chi connectivity index (χ2n) is 4.59. The van der Waals surface area contributed by atoms with Gasteiger partial charge in [0.25, 0.3) is 0 Å². The maximum atomic E-state index is 8.84. The predicted octanol–water partition coefficient (Wildman–Crippen LogP) is 2.94. The van der Waals surface area contributed by atoms with Crippen LogP contribution in [-0.4, -0.2) is 33.2 Å². The monoisotopic (exact) mass is 359 g/mol. The van der Waals surface area contributed by atoms with E-state index in [4.69, 9.17) is 5.11 Å². The van der Waals surface area contributed by atoms with Gasteiger partial charge in [0.1, 0.15) is 18.0 Å². The van der Waals surface area contributed by atoms with Crippen LogP contribution >= 0.6 is 15.9 Å². The molecule has 0 spiro atoms. The van der Waals surface area contributed by atoms with Gasteiger partial charge < -0.3 is 15.7 Å². The molecule has 112 valence electrons. The molecule has 3 aromatic rings. The van der Waals surface area contributed by atoms with Gasteiger partial charge in [-0.1, -0.05) is 22.0 Å². The zero-order valence-corrected chi connectivity index (χ0v) is 13.2. The third-order valence-electron chi connectivity index (χ3n) is 3.03. The lowest BCUT2D eigenvalue weighted by Gasteiger charge is -2.09. The van der Waals surface area contributed by atoms with Crippen molar-refractivity contribution in [3.8, 4) is 0 Å². The van der Waals surface area contributed by atoms with E-state index in [0.717, 1.165) is 21.1 Å². The van der Waals surface area contributed by atoms with Crippen molar-refractivity contribution in [2.45, 2.75) is 0 Å². The SMILES string of the molecule is OCCNc1cc2ncnc(Nc3cccc(Br)c3)c2cn1. The van der Waals surface area contributed by atoms with E-state index < -0.39 is 0 Å². The molecule has 0 saturated carbocycles. The zero-order chi connectivity index (χ0) is 15.4. The van der Waals surface area contributed by atoms with E-state index in [1.807, 2.05) is 30.3 Å². The first-order chi connectivity index (χ1) is 10.8. The van der Waals surface area contributed by atoms with Crippen LogP contribution in [0.4, 0.5) is 17.3 Å². The molecule has 1 aromatic carbocycles. The van der Waals surface area contributed by atoms with Crippen LogP contribution in [0.2, 0.25) is 0 Å². The molecule has 0 aliphatic heterocycles. The van der Waals surface area contributed by atoms with Crippen LogP contribution in [0.1, 0.15) is 0 Å². The summed E-state index contributed by atoms with van der Waals surface area (Å²) in [4.78, 5) is 12.9. The highest BCUT2D eigenvalue weighted by Gasteiger charge is 2.06. The van der Waals surface area contributed by atoms with Crippen molar-refractivity contribution in [1.82, 2.24) is 15.0 Å². The molecule has 0 amide bonds. The maximum absolute atomic E-state index is 8.84. The summed E-state index contributed by atoms with van der Waals surface area (Å²) in [5.74, 6) is 1.37. The number of halogens is 1. The first-order valence-electron chi connectivity index (χ1n) is 6.74. The fourth-order valence-corrected chi connectivity index (χ4v) is 2.43. The van der Waals surface area contributed by atoms with Gasteiger partial charge >= 0.3 is 0 Å². The predicted molar refractivity (Wildman–Crippen MR) is 90.3 cm³/mol. The molecular formula is C15H14BrN5O. The van der Waals surface area contributed by atoms with E-state index >= 15 is 0 Å². The van der Waals surface area contributed by atoms with E-state index in [0.29, 0.717) is 18.2 Å². The van der Waals surface area contributed by atoms with Gasteiger partial charge in [0.15, 0.2) is 0 Å². The Labute approximate surface area is 135 Å². The summed E-state index contributed by atoms with van der Waals surface area (Å²) in [5.41, 5.74) is 1.71. The highest BCUT2D eigenvalue weighted by atomic mass is 79.9. The molecule has 7 heteroatoms. The molecule has 6 nitrogen and oxygen atoms in total. The number of aromatic nitrogens is 3. The number of rotatable bonds is 5. The summed E-state index contributed by atoms with van der Waals surface area (Å²) in [6, 6.07) is 9.68. The van der Waals surface area contributed by atoms with Gasteiger partial charge in [0.05, 0.1) is 17.5 Å². The summed E-state index contributed by atoms with van der Waals surface area (Å²) in [6.45, 7) is 0.506. The van der Waals surface area contributed by atoms with Crippen LogP contribution in [0.25, 0.3) is 10.9 Å². The number of anilines is 3. The topological polar surface area (TPSA) is 83.0 Å². The lowest BCUT2D eigenvalue weighted by molar-refractivity contribution is 0.311. The third kappa shape index (κ3) is 3.32. The largest absolute Gasteiger partial charge is 0.395 e. The van der Waals surface area contributed by atoms with E-state index in [1.165, 1.54) is 6.33 Å². The zero-order valence-electron chi connectivity index (χ0n) is 11.6. The number of hydrogen-bond donors (Lipinski definition) is 3. The van der Waals surface area contributed by atoms with E-state index in [2.05, 4.69) is 41.5 Å². The van der Waals surface area contributed by atoms with Crippen molar-refractivity contribution in [2.75, 3.05) is 23.8 Å². The Morgan fingerprint density at radius 3 is 2.86 bits per heavy atom. The molecule has 22 heavy (non-hydrogen) atoms. The molecule has 0 fully saturated rings. The summed E-state index contributed by atoms with van der Waals surface area (Å²) in [6.07, 6.45) is 3.23. The first-order valence-corrected chi connectivity index (χ1v) is 7.53. The molecule has 0 aliphatic rings. The quantitative estimate of drug-likeness (QED) is 0.649. The third-order valence-corrected chi connectivity index (χ3v) is 3.52. The molecule has 0 unspecified atom stereocenters.